The van der Waals surface area contributed by atoms with Gasteiger partial charge in [-0.2, -0.15) is 0 Å². The van der Waals surface area contributed by atoms with Crippen molar-refractivity contribution in [3.63, 3.8) is 0 Å². The highest BCUT2D eigenvalue weighted by Crippen LogP contribution is 2.43. The average Bonchev–Trinajstić information content (AvgIpc) is 3.47. The minimum Gasteiger partial charge on any atom is -0.478 e. The van der Waals surface area contributed by atoms with Crippen LogP contribution >= 0.6 is 0 Å². The van der Waals surface area contributed by atoms with Gasteiger partial charge in [-0.1, -0.05) is 30.3 Å². The van der Waals surface area contributed by atoms with Gasteiger partial charge >= 0.3 is 0 Å². The molecule has 6 rings (SSSR count). The van der Waals surface area contributed by atoms with Crippen molar-refractivity contribution < 1.29 is 28.5 Å². The summed E-state index contributed by atoms with van der Waals surface area (Å²) in [5.74, 6) is 3.40. The first-order valence-corrected chi connectivity index (χ1v) is 10.1. The van der Waals surface area contributed by atoms with Crippen LogP contribution in [-0.2, 0) is 11.3 Å². The molecule has 1 fully saturated rings. The fourth-order valence-corrected chi connectivity index (χ4v) is 4.14. The highest BCUT2D eigenvalue weighted by atomic mass is 16.7. The van der Waals surface area contributed by atoms with E-state index in [1.807, 2.05) is 71.6 Å². The van der Waals surface area contributed by atoms with Gasteiger partial charge in [0.15, 0.2) is 23.0 Å². The Morgan fingerprint density at radius 1 is 0.806 bits per heavy atom. The van der Waals surface area contributed by atoms with Crippen LogP contribution in [0, 0.1) is 0 Å². The Kier molecular flexibility index (Phi) is 4.12. The summed E-state index contributed by atoms with van der Waals surface area (Å²) in [5, 5.41) is 0. The molecule has 0 aliphatic carbocycles. The lowest BCUT2D eigenvalue weighted by atomic mass is 9.89. The largest absolute Gasteiger partial charge is 0.478 e. The van der Waals surface area contributed by atoms with Gasteiger partial charge in [-0.3, -0.25) is 4.79 Å². The Bertz CT molecular complexity index is 1150. The number of amides is 1. The molecule has 3 heterocycles. The van der Waals surface area contributed by atoms with Crippen LogP contribution < -0.4 is 23.7 Å². The zero-order valence-corrected chi connectivity index (χ0v) is 16.5. The number of likely N-dealkylation sites (tertiary alicyclic amines) is 1. The van der Waals surface area contributed by atoms with Gasteiger partial charge in [0.2, 0.25) is 19.7 Å². The number of ether oxygens (including phenoxy) is 5. The normalized spacial score (nSPS) is 20.5. The molecule has 0 radical (unpaired) electrons. The lowest BCUT2D eigenvalue weighted by Crippen LogP contribution is -2.60. The van der Waals surface area contributed by atoms with Crippen LogP contribution in [0.5, 0.6) is 28.7 Å². The maximum Gasteiger partial charge on any atom is 0.267 e. The maximum absolute atomic E-state index is 13.1. The summed E-state index contributed by atoms with van der Waals surface area (Å²) < 4.78 is 27.9. The highest BCUT2D eigenvalue weighted by molar-refractivity contribution is 5.89. The van der Waals surface area contributed by atoms with Crippen LogP contribution in [0.4, 0.5) is 0 Å². The Balaban J connectivity index is 1.31. The first-order valence-electron chi connectivity index (χ1n) is 10.1. The smallest absolute Gasteiger partial charge is 0.267 e. The summed E-state index contributed by atoms with van der Waals surface area (Å²) >= 11 is 0. The predicted molar refractivity (Wildman–Crippen MR) is 109 cm³/mol. The molecule has 156 valence electrons. The van der Waals surface area contributed by atoms with E-state index in [2.05, 4.69) is 0 Å². The minimum absolute atomic E-state index is 0.0656. The SMILES string of the molecule is O=C1[C@H](Oc2ccccc2)[C@H](c2ccc3c(c2)OCO3)N1Cc1ccc2c(c1)OCO2. The summed E-state index contributed by atoms with van der Waals surface area (Å²) in [6.07, 6.45) is -0.614. The van der Waals surface area contributed by atoms with Crippen molar-refractivity contribution in [3.05, 3.63) is 77.9 Å². The molecule has 7 heteroatoms. The first-order chi connectivity index (χ1) is 15.3. The summed E-state index contributed by atoms with van der Waals surface area (Å²) in [6.45, 7) is 0.852. The van der Waals surface area contributed by atoms with Crippen LogP contribution in [0.1, 0.15) is 17.2 Å². The Hall–Kier alpha value is -3.87. The Morgan fingerprint density at radius 2 is 1.48 bits per heavy atom. The number of benzene rings is 3. The number of fused-ring (bicyclic) bond motifs is 2. The van der Waals surface area contributed by atoms with Gasteiger partial charge in [0.1, 0.15) is 11.8 Å². The molecule has 7 nitrogen and oxygen atoms in total. The zero-order valence-electron chi connectivity index (χ0n) is 16.5. The van der Waals surface area contributed by atoms with Gasteiger partial charge in [0.25, 0.3) is 5.91 Å². The van der Waals surface area contributed by atoms with E-state index in [0.717, 1.165) is 16.9 Å². The molecule has 0 saturated carbocycles. The highest BCUT2D eigenvalue weighted by Gasteiger charge is 2.50. The van der Waals surface area contributed by atoms with Gasteiger partial charge in [0.05, 0.1) is 0 Å². The van der Waals surface area contributed by atoms with E-state index >= 15 is 0 Å². The molecule has 2 atom stereocenters. The Morgan fingerprint density at radius 3 is 2.26 bits per heavy atom. The third-order valence-corrected chi connectivity index (χ3v) is 5.68. The zero-order chi connectivity index (χ0) is 20.8. The van der Waals surface area contributed by atoms with Crippen molar-refractivity contribution in [2.45, 2.75) is 18.7 Å². The first kappa shape index (κ1) is 17.9. The molecule has 0 unspecified atom stereocenters. The molecule has 3 aromatic carbocycles. The van der Waals surface area contributed by atoms with Gasteiger partial charge < -0.3 is 28.6 Å². The van der Waals surface area contributed by atoms with Gasteiger partial charge in [-0.25, -0.2) is 0 Å². The topological polar surface area (TPSA) is 66.5 Å². The Labute approximate surface area is 178 Å². The molecule has 3 aliphatic rings. The van der Waals surface area contributed by atoms with Crippen molar-refractivity contribution in [2.75, 3.05) is 13.6 Å². The quantitative estimate of drug-likeness (QED) is 0.590. The van der Waals surface area contributed by atoms with Crippen LogP contribution in [-0.4, -0.2) is 30.5 Å². The van der Waals surface area contributed by atoms with Crippen LogP contribution in [0.15, 0.2) is 66.7 Å². The lowest BCUT2D eigenvalue weighted by molar-refractivity contribution is -0.165. The number of hydrogen-bond acceptors (Lipinski definition) is 6. The van der Waals surface area contributed by atoms with Crippen LogP contribution in [0.25, 0.3) is 0 Å². The number of carbonyl (C=O) groups excluding carboxylic acids is 1. The standard InChI is InChI=1S/C24H19NO6/c26-24-23(31-17-4-2-1-3-5-17)22(16-7-9-19-21(11-16)30-14-28-19)25(24)12-15-6-8-18-20(10-15)29-13-27-18/h1-11,22-23H,12-14H2/t22-,23+/m0/s1. The van der Waals surface area contributed by atoms with Crippen molar-refractivity contribution in [1.82, 2.24) is 4.90 Å². The summed E-state index contributed by atoms with van der Waals surface area (Å²) in [4.78, 5) is 14.9. The van der Waals surface area contributed by atoms with E-state index in [1.165, 1.54) is 0 Å². The molecule has 3 aromatic rings. The number of nitrogens with zero attached hydrogens (tertiary/aromatic N) is 1. The molecule has 1 amide bonds. The molecule has 31 heavy (non-hydrogen) atoms. The molecule has 3 aliphatic heterocycles. The lowest BCUT2D eigenvalue weighted by Gasteiger charge is -2.46. The fourth-order valence-electron chi connectivity index (χ4n) is 4.14. The number of rotatable bonds is 5. The molecular formula is C24H19NO6. The fraction of sp³-hybridized carbons (Fsp3) is 0.208. The molecule has 0 bridgehead atoms. The van der Waals surface area contributed by atoms with E-state index < -0.39 is 6.10 Å². The van der Waals surface area contributed by atoms with Gasteiger partial charge in [0, 0.05) is 6.54 Å². The van der Waals surface area contributed by atoms with Gasteiger partial charge in [-0.05, 0) is 47.5 Å². The second-order valence-corrected chi connectivity index (χ2v) is 7.56. The molecule has 0 N–H and O–H groups in total. The van der Waals surface area contributed by atoms with E-state index in [4.69, 9.17) is 23.7 Å². The third-order valence-electron chi connectivity index (χ3n) is 5.68. The van der Waals surface area contributed by atoms with Gasteiger partial charge in [-0.15, -0.1) is 0 Å². The number of carbonyl (C=O) groups is 1. The maximum atomic E-state index is 13.1. The number of β-lactam (4-membered cyclic amide) rings is 1. The summed E-state index contributed by atoms with van der Waals surface area (Å²) in [6, 6.07) is 20.6. The third kappa shape index (κ3) is 3.09. The molecule has 1 saturated heterocycles. The molecule has 0 aromatic heterocycles. The van der Waals surface area contributed by atoms with Crippen molar-refractivity contribution >= 4 is 5.91 Å². The summed E-state index contributed by atoms with van der Waals surface area (Å²) in [7, 11) is 0. The van der Waals surface area contributed by atoms with Crippen LogP contribution in [0.3, 0.4) is 0 Å². The minimum atomic E-state index is -0.614. The second-order valence-electron chi connectivity index (χ2n) is 7.56. The molecular weight excluding hydrogens is 398 g/mol. The monoisotopic (exact) mass is 417 g/mol. The van der Waals surface area contributed by atoms with E-state index in [0.29, 0.717) is 29.5 Å². The van der Waals surface area contributed by atoms with E-state index in [1.54, 1.807) is 0 Å². The van der Waals surface area contributed by atoms with E-state index in [-0.39, 0.29) is 25.5 Å². The number of para-hydroxylation sites is 1. The van der Waals surface area contributed by atoms with Crippen molar-refractivity contribution in [1.29, 1.82) is 0 Å². The number of hydrogen-bond donors (Lipinski definition) is 0. The van der Waals surface area contributed by atoms with Crippen molar-refractivity contribution in [2.24, 2.45) is 0 Å². The molecule has 0 spiro atoms. The predicted octanol–water partition coefficient (Wildman–Crippen LogP) is 3.68. The van der Waals surface area contributed by atoms with E-state index in [9.17, 15) is 4.79 Å². The second kappa shape index (κ2) is 7.12. The van der Waals surface area contributed by atoms with Crippen molar-refractivity contribution in [3.8, 4) is 28.7 Å². The summed E-state index contributed by atoms with van der Waals surface area (Å²) in [5.41, 5.74) is 1.90. The average molecular weight is 417 g/mol. The van der Waals surface area contributed by atoms with Crippen LogP contribution in [0.2, 0.25) is 0 Å².